The quantitative estimate of drug-likeness (QED) is 0.701. The van der Waals surface area contributed by atoms with Crippen molar-refractivity contribution in [2.24, 2.45) is 5.92 Å². The molecule has 0 aliphatic carbocycles. The minimum absolute atomic E-state index is 0.256. The van der Waals surface area contributed by atoms with Crippen LogP contribution in [-0.4, -0.2) is 30.3 Å². The molecule has 0 bridgehead atoms. The summed E-state index contributed by atoms with van der Waals surface area (Å²) in [5, 5.41) is 3.43. The van der Waals surface area contributed by atoms with E-state index < -0.39 is 12.6 Å². The molecule has 0 spiro atoms. The van der Waals surface area contributed by atoms with Gasteiger partial charge in [-0.05, 0) is 62.5 Å². The van der Waals surface area contributed by atoms with Gasteiger partial charge in [0, 0.05) is 12.5 Å². The van der Waals surface area contributed by atoms with E-state index in [2.05, 4.69) is 12.2 Å². The minimum atomic E-state index is -4.00. The highest BCUT2D eigenvalue weighted by Gasteiger charge is 2.27. The Morgan fingerprint density at radius 3 is 2.53 bits per heavy atom. The first-order valence-corrected chi connectivity index (χ1v) is 8.54. The molecule has 1 aliphatic heterocycles. The Balaban J connectivity index is 2.28. The Kier molecular flexibility index (Phi) is 8.23. The molecular formula is C14H26F3NS. The van der Waals surface area contributed by atoms with Crippen molar-refractivity contribution in [1.82, 2.24) is 5.32 Å². The van der Waals surface area contributed by atoms with E-state index in [1.165, 1.54) is 24.3 Å². The lowest BCUT2D eigenvalue weighted by Gasteiger charge is -2.27. The van der Waals surface area contributed by atoms with E-state index >= 15 is 0 Å². The van der Waals surface area contributed by atoms with Crippen LogP contribution < -0.4 is 5.32 Å². The highest BCUT2D eigenvalue weighted by molar-refractivity contribution is 7.99. The van der Waals surface area contributed by atoms with Crippen molar-refractivity contribution < 1.29 is 13.2 Å². The zero-order valence-corrected chi connectivity index (χ0v) is 12.6. The predicted octanol–water partition coefficient (Wildman–Crippen LogP) is 4.62. The van der Waals surface area contributed by atoms with Crippen molar-refractivity contribution in [2.45, 2.75) is 64.1 Å². The summed E-state index contributed by atoms with van der Waals surface area (Å²) in [6.07, 6.45) is 0.821. The summed E-state index contributed by atoms with van der Waals surface area (Å²) < 4.78 is 36.6. The summed E-state index contributed by atoms with van der Waals surface area (Å²) in [6.45, 7) is 3.01. The molecule has 0 aromatic carbocycles. The molecule has 1 rings (SSSR count). The molecule has 1 atom stereocenters. The highest BCUT2D eigenvalue weighted by Crippen LogP contribution is 2.28. The van der Waals surface area contributed by atoms with Gasteiger partial charge in [-0.3, -0.25) is 0 Å². The summed E-state index contributed by atoms with van der Waals surface area (Å²) >= 11 is 2.00. The van der Waals surface area contributed by atoms with Crippen LogP contribution in [-0.2, 0) is 0 Å². The van der Waals surface area contributed by atoms with Crippen LogP contribution >= 0.6 is 11.8 Å². The van der Waals surface area contributed by atoms with Gasteiger partial charge in [0.25, 0.3) is 0 Å². The van der Waals surface area contributed by atoms with Gasteiger partial charge in [-0.2, -0.15) is 24.9 Å². The number of nitrogens with one attached hydrogen (secondary N) is 1. The summed E-state index contributed by atoms with van der Waals surface area (Å²) in [5.41, 5.74) is 0. The Morgan fingerprint density at radius 2 is 1.95 bits per heavy atom. The van der Waals surface area contributed by atoms with Crippen molar-refractivity contribution in [3.8, 4) is 0 Å². The number of alkyl halides is 3. The monoisotopic (exact) mass is 297 g/mol. The van der Waals surface area contributed by atoms with Gasteiger partial charge in [-0.25, -0.2) is 0 Å². The molecule has 1 fully saturated rings. The molecule has 1 aliphatic rings. The Morgan fingerprint density at radius 1 is 1.26 bits per heavy atom. The molecule has 1 unspecified atom stereocenters. The Bertz CT molecular complexity index is 227. The largest absolute Gasteiger partial charge is 0.389 e. The zero-order chi connectivity index (χ0) is 14.1. The molecule has 1 N–H and O–H groups in total. The summed E-state index contributed by atoms with van der Waals surface area (Å²) in [7, 11) is 0. The van der Waals surface area contributed by atoms with E-state index in [-0.39, 0.29) is 12.5 Å². The SMILES string of the molecule is CCCNC(CCCC(F)(F)F)CC1CCSCC1. The van der Waals surface area contributed by atoms with Crippen molar-refractivity contribution in [1.29, 1.82) is 0 Å². The Labute approximate surface area is 119 Å². The molecule has 0 saturated carbocycles. The molecule has 0 amide bonds. The van der Waals surface area contributed by atoms with Crippen LogP contribution in [0.4, 0.5) is 13.2 Å². The van der Waals surface area contributed by atoms with Gasteiger partial charge in [0.15, 0.2) is 0 Å². The maximum absolute atomic E-state index is 12.2. The second kappa shape index (κ2) is 9.11. The normalized spacial score (nSPS) is 19.6. The molecule has 1 nitrogen and oxygen atoms in total. The van der Waals surface area contributed by atoms with Crippen LogP contribution in [0.25, 0.3) is 0 Å². The maximum Gasteiger partial charge on any atom is 0.389 e. The maximum atomic E-state index is 12.2. The summed E-state index contributed by atoms with van der Waals surface area (Å²) in [5.74, 6) is 3.14. The molecule has 19 heavy (non-hydrogen) atoms. The van der Waals surface area contributed by atoms with Crippen LogP contribution in [0.3, 0.4) is 0 Å². The van der Waals surface area contributed by atoms with E-state index in [0.29, 0.717) is 12.3 Å². The lowest BCUT2D eigenvalue weighted by Crippen LogP contribution is -2.33. The molecule has 1 saturated heterocycles. The topological polar surface area (TPSA) is 12.0 Å². The first-order chi connectivity index (χ1) is 9.01. The highest BCUT2D eigenvalue weighted by atomic mass is 32.2. The first-order valence-electron chi connectivity index (χ1n) is 7.39. The average Bonchev–Trinajstić information content (AvgIpc) is 2.35. The number of hydrogen-bond donors (Lipinski definition) is 1. The molecular weight excluding hydrogens is 271 g/mol. The van der Waals surface area contributed by atoms with Gasteiger partial charge < -0.3 is 5.32 Å². The van der Waals surface area contributed by atoms with Crippen LogP contribution in [0.1, 0.15) is 51.9 Å². The van der Waals surface area contributed by atoms with Crippen LogP contribution in [0.15, 0.2) is 0 Å². The minimum Gasteiger partial charge on any atom is -0.314 e. The standard InChI is InChI=1S/C14H26F3NS/c1-2-8-18-13(4-3-7-14(15,16)17)11-12-5-9-19-10-6-12/h12-13,18H,2-11H2,1H3. The second-order valence-corrected chi connectivity index (χ2v) is 6.67. The number of hydrogen-bond acceptors (Lipinski definition) is 2. The molecule has 1 heterocycles. The summed E-state index contributed by atoms with van der Waals surface area (Å²) in [4.78, 5) is 0. The van der Waals surface area contributed by atoms with Crippen molar-refractivity contribution in [2.75, 3.05) is 18.1 Å². The fourth-order valence-corrected chi connectivity index (χ4v) is 3.79. The van der Waals surface area contributed by atoms with Gasteiger partial charge in [0.05, 0.1) is 0 Å². The fraction of sp³-hybridized carbons (Fsp3) is 1.00. The lowest BCUT2D eigenvalue weighted by molar-refractivity contribution is -0.135. The van der Waals surface area contributed by atoms with E-state index in [9.17, 15) is 13.2 Å². The van der Waals surface area contributed by atoms with Gasteiger partial charge in [0.2, 0.25) is 0 Å². The molecule has 0 aromatic rings. The van der Waals surface area contributed by atoms with Crippen molar-refractivity contribution in [3.05, 3.63) is 0 Å². The smallest absolute Gasteiger partial charge is 0.314 e. The van der Waals surface area contributed by atoms with Gasteiger partial charge >= 0.3 is 6.18 Å². The van der Waals surface area contributed by atoms with E-state index in [4.69, 9.17) is 0 Å². The number of thioether (sulfide) groups is 1. The van der Waals surface area contributed by atoms with Gasteiger partial charge in [0.1, 0.15) is 0 Å². The van der Waals surface area contributed by atoms with Crippen LogP contribution in [0, 0.1) is 5.92 Å². The molecule has 114 valence electrons. The van der Waals surface area contributed by atoms with E-state index in [1.54, 1.807) is 0 Å². The predicted molar refractivity (Wildman–Crippen MR) is 76.7 cm³/mol. The van der Waals surface area contributed by atoms with Crippen molar-refractivity contribution >= 4 is 11.8 Å². The average molecular weight is 297 g/mol. The molecule has 0 radical (unpaired) electrons. The van der Waals surface area contributed by atoms with Gasteiger partial charge in [-0.1, -0.05) is 6.92 Å². The summed E-state index contributed by atoms with van der Waals surface area (Å²) in [6, 6.07) is 0.274. The van der Waals surface area contributed by atoms with Gasteiger partial charge in [-0.15, -0.1) is 0 Å². The number of rotatable bonds is 8. The fourth-order valence-electron chi connectivity index (χ4n) is 2.59. The van der Waals surface area contributed by atoms with Crippen LogP contribution in [0.2, 0.25) is 0 Å². The third-order valence-corrected chi connectivity index (χ3v) is 4.70. The lowest BCUT2D eigenvalue weighted by atomic mass is 9.92. The van der Waals surface area contributed by atoms with Crippen LogP contribution in [0.5, 0.6) is 0 Å². The molecule has 0 aromatic heterocycles. The van der Waals surface area contributed by atoms with E-state index in [0.717, 1.165) is 19.4 Å². The van der Waals surface area contributed by atoms with E-state index in [1.807, 2.05) is 11.8 Å². The molecule has 5 heteroatoms. The third-order valence-electron chi connectivity index (χ3n) is 3.65. The third kappa shape index (κ3) is 8.79. The Hall–Kier alpha value is 0.100. The zero-order valence-electron chi connectivity index (χ0n) is 11.8. The van der Waals surface area contributed by atoms with Crippen molar-refractivity contribution in [3.63, 3.8) is 0 Å². The first kappa shape index (κ1) is 17.2. The second-order valence-electron chi connectivity index (χ2n) is 5.45. The number of halogens is 3.